The van der Waals surface area contributed by atoms with E-state index in [4.69, 9.17) is 10.8 Å². The zero-order valence-electron chi connectivity index (χ0n) is 5.23. The van der Waals surface area contributed by atoms with Crippen molar-refractivity contribution in [2.45, 2.75) is 6.92 Å². The molecule has 3 heteroatoms. The summed E-state index contributed by atoms with van der Waals surface area (Å²) in [6.45, 7) is 2.17. The van der Waals surface area contributed by atoms with Crippen molar-refractivity contribution in [2.24, 2.45) is 5.73 Å². The quantitative estimate of drug-likeness (QED) is 0.443. The molecule has 0 aromatic heterocycles. The molecule has 0 aromatic rings. The number of nitrogens with two attached hydrogens (primary N) is 1. The lowest BCUT2D eigenvalue weighted by molar-refractivity contribution is 0.368. The van der Waals surface area contributed by atoms with E-state index in [0.717, 1.165) is 5.57 Å². The average molecular weight is 116 g/mol. The van der Waals surface area contributed by atoms with Gasteiger partial charge in [0.05, 0.1) is 0 Å². The van der Waals surface area contributed by atoms with Crippen molar-refractivity contribution in [3.05, 3.63) is 11.5 Å². The highest BCUT2D eigenvalue weighted by Crippen LogP contribution is 1.90. The van der Waals surface area contributed by atoms with Crippen molar-refractivity contribution in [3.8, 4) is 0 Å². The third-order valence-corrected chi connectivity index (χ3v) is 0.947. The van der Waals surface area contributed by atoms with Crippen LogP contribution in [0.25, 0.3) is 0 Å². The van der Waals surface area contributed by atoms with Crippen LogP contribution in [0, 0.1) is 0 Å². The van der Waals surface area contributed by atoms with E-state index in [1.165, 1.54) is 0 Å². The van der Waals surface area contributed by atoms with Crippen LogP contribution in [0.4, 0.5) is 0 Å². The molecule has 0 aliphatic heterocycles. The van der Waals surface area contributed by atoms with Crippen LogP contribution < -0.4 is 11.1 Å². The number of hydrogen-bond donors (Lipinski definition) is 3. The molecule has 0 saturated carbocycles. The Bertz CT molecular complexity index is 86.6. The van der Waals surface area contributed by atoms with Crippen molar-refractivity contribution in [1.82, 2.24) is 5.32 Å². The van der Waals surface area contributed by atoms with Crippen LogP contribution in [0.3, 0.4) is 0 Å². The molecule has 0 atom stereocenters. The van der Waals surface area contributed by atoms with Crippen molar-refractivity contribution in [1.29, 1.82) is 0 Å². The highest BCUT2D eigenvalue weighted by Gasteiger charge is 1.91. The van der Waals surface area contributed by atoms with Gasteiger partial charge in [-0.1, -0.05) is 0 Å². The Morgan fingerprint density at radius 3 is 2.38 bits per heavy atom. The number of hydrogen-bond acceptors (Lipinski definition) is 3. The Morgan fingerprint density at radius 1 is 1.75 bits per heavy atom. The zero-order chi connectivity index (χ0) is 6.57. The summed E-state index contributed by atoms with van der Waals surface area (Å²) in [4.78, 5) is 0. The summed E-state index contributed by atoms with van der Waals surface area (Å²) < 4.78 is 0. The smallest absolute Gasteiger partial charge is 0.183 e. The second-order valence-corrected chi connectivity index (χ2v) is 1.58. The van der Waals surface area contributed by atoms with Crippen LogP contribution >= 0.6 is 0 Å². The first kappa shape index (κ1) is 7.30. The van der Waals surface area contributed by atoms with E-state index in [2.05, 4.69) is 5.32 Å². The molecule has 0 aliphatic carbocycles. The van der Waals surface area contributed by atoms with Crippen LogP contribution in [0.2, 0.25) is 0 Å². The highest BCUT2D eigenvalue weighted by atomic mass is 16.3. The summed E-state index contributed by atoms with van der Waals surface area (Å²) >= 11 is 0. The second kappa shape index (κ2) is 3.32. The fourth-order valence-electron chi connectivity index (χ4n) is 0.310. The maximum absolute atomic E-state index is 8.81. The van der Waals surface area contributed by atoms with E-state index in [1.807, 2.05) is 0 Å². The molecule has 0 rings (SSSR count). The predicted molar refractivity (Wildman–Crippen MR) is 33.4 cm³/mol. The molecule has 3 nitrogen and oxygen atoms in total. The molecule has 0 spiro atoms. The largest absolute Gasteiger partial charge is 0.495 e. The molecule has 0 bridgehead atoms. The molecule has 0 aliphatic rings. The van der Waals surface area contributed by atoms with Crippen LogP contribution in [-0.2, 0) is 0 Å². The van der Waals surface area contributed by atoms with Crippen LogP contribution in [-0.4, -0.2) is 18.7 Å². The van der Waals surface area contributed by atoms with E-state index in [-0.39, 0.29) is 5.88 Å². The Labute approximate surface area is 49.2 Å². The Kier molecular flexibility index (Phi) is 3.03. The summed E-state index contributed by atoms with van der Waals surface area (Å²) in [5.41, 5.74) is 5.96. The average Bonchev–Trinajstić information content (AvgIpc) is 1.84. The minimum Gasteiger partial charge on any atom is -0.495 e. The molecule has 0 heterocycles. The SMILES string of the molecule is CN/C(O)=C(/C)CN. The van der Waals surface area contributed by atoms with Gasteiger partial charge >= 0.3 is 0 Å². The lowest BCUT2D eigenvalue weighted by Crippen LogP contribution is -2.12. The minimum atomic E-state index is 0.174. The van der Waals surface area contributed by atoms with Gasteiger partial charge in [0.25, 0.3) is 0 Å². The summed E-state index contributed by atoms with van der Waals surface area (Å²) in [6, 6.07) is 0. The monoisotopic (exact) mass is 116 g/mol. The summed E-state index contributed by atoms with van der Waals surface area (Å²) in [5, 5.41) is 11.4. The number of nitrogens with one attached hydrogen (secondary N) is 1. The normalized spacial score (nSPS) is 12.9. The van der Waals surface area contributed by atoms with Gasteiger partial charge in [-0.05, 0) is 12.5 Å². The van der Waals surface area contributed by atoms with Crippen LogP contribution in [0.5, 0.6) is 0 Å². The first-order chi connectivity index (χ1) is 3.72. The molecule has 0 aromatic carbocycles. The van der Waals surface area contributed by atoms with Gasteiger partial charge < -0.3 is 16.2 Å². The van der Waals surface area contributed by atoms with E-state index < -0.39 is 0 Å². The van der Waals surface area contributed by atoms with Crippen LogP contribution in [0.1, 0.15) is 6.92 Å². The number of aliphatic hydroxyl groups is 1. The molecule has 8 heavy (non-hydrogen) atoms. The van der Waals surface area contributed by atoms with Gasteiger partial charge in [-0.15, -0.1) is 0 Å². The van der Waals surface area contributed by atoms with Gasteiger partial charge in [0.1, 0.15) is 0 Å². The Morgan fingerprint density at radius 2 is 2.25 bits per heavy atom. The topological polar surface area (TPSA) is 58.3 Å². The molecule has 0 unspecified atom stereocenters. The van der Waals surface area contributed by atoms with Crippen LogP contribution in [0.15, 0.2) is 11.5 Å². The molecule has 48 valence electrons. The molecular weight excluding hydrogens is 104 g/mol. The van der Waals surface area contributed by atoms with Gasteiger partial charge in [0, 0.05) is 13.6 Å². The fourth-order valence-corrected chi connectivity index (χ4v) is 0.310. The maximum Gasteiger partial charge on any atom is 0.183 e. The van der Waals surface area contributed by atoms with Crippen molar-refractivity contribution in [3.63, 3.8) is 0 Å². The van der Waals surface area contributed by atoms with E-state index >= 15 is 0 Å². The minimum absolute atomic E-state index is 0.174. The zero-order valence-corrected chi connectivity index (χ0v) is 5.23. The van der Waals surface area contributed by atoms with Crippen molar-refractivity contribution in [2.75, 3.05) is 13.6 Å². The first-order valence-electron chi connectivity index (χ1n) is 2.49. The van der Waals surface area contributed by atoms with E-state index in [1.54, 1.807) is 14.0 Å². The van der Waals surface area contributed by atoms with Crippen molar-refractivity contribution < 1.29 is 5.11 Å². The fraction of sp³-hybridized carbons (Fsp3) is 0.600. The lowest BCUT2D eigenvalue weighted by atomic mass is 10.3. The first-order valence-corrected chi connectivity index (χ1v) is 2.49. The maximum atomic E-state index is 8.81. The van der Waals surface area contributed by atoms with Gasteiger partial charge in [0.15, 0.2) is 5.88 Å². The second-order valence-electron chi connectivity index (χ2n) is 1.58. The molecule has 0 saturated heterocycles. The highest BCUT2D eigenvalue weighted by molar-refractivity contribution is 5.02. The third-order valence-electron chi connectivity index (χ3n) is 0.947. The molecule has 0 fully saturated rings. The Balaban J connectivity index is 3.83. The third kappa shape index (κ3) is 1.84. The van der Waals surface area contributed by atoms with E-state index in [9.17, 15) is 0 Å². The Hall–Kier alpha value is -0.700. The molecule has 0 radical (unpaired) electrons. The molecule has 4 N–H and O–H groups in total. The van der Waals surface area contributed by atoms with Crippen molar-refractivity contribution >= 4 is 0 Å². The summed E-state index contributed by atoms with van der Waals surface area (Å²) in [6.07, 6.45) is 0. The van der Waals surface area contributed by atoms with Gasteiger partial charge in [-0.25, -0.2) is 0 Å². The van der Waals surface area contributed by atoms with E-state index in [0.29, 0.717) is 6.54 Å². The molecule has 0 amide bonds. The summed E-state index contributed by atoms with van der Waals surface area (Å²) in [5.74, 6) is 0.174. The number of aliphatic hydroxyl groups excluding tert-OH is 1. The van der Waals surface area contributed by atoms with Gasteiger partial charge in [-0.2, -0.15) is 0 Å². The van der Waals surface area contributed by atoms with Gasteiger partial charge in [-0.3, -0.25) is 0 Å². The summed E-state index contributed by atoms with van der Waals surface area (Å²) in [7, 11) is 1.65. The lowest BCUT2D eigenvalue weighted by Gasteiger charge is -2.00. The number of rotatable bonds is 2. The molecular formula is C5H12N2O. The predicted octanol–water partition coefficient (Wildman–Crippen LogP) is -0.0460. The standard InChI is InChI=1S/C5H12N2O/c1-4(3-6)5(8)7-2/h7-8H,3,6H2,1-2H3/b5-4+. The van der Waals surface area contributed by atoms with Gasteiger partial charge in [0.2, 0.25) is 0 Å².